The fourth-order valence-corrected chi connectivity index (χ4v) is 2.66. The van der Waals surface area contributed by atoms with Crippen molar-refractivity contribution in [3.8, 4) is 5.75 Å². The number of esters is 1. The summed E-state index contributed by atoms with van der Waals surface area (Å²) in [4.78, 5) is 12.1. The van der Waals surface area contributed by atoms with Gasteiger partial charge in [0.2, 0.25) is 6.10 Å². The van der Waals surface area contributed by atoms with Gasteiger partial charge in [0.05, 0.1) is 13.7 Å². The van der Waals surface area contributed by atoms with Crippen molar-refractivity contribution in [2.24, 2.45) is 0 Å². The van der Waals surface area contributed by atoms with Crippen LogP contribution in [0, 0.1) is 13.8 Å². The number of benzene rings is 2. The molecule has 2 aromatic carbocycles. The van der Waals surface area contributed by atoms with Crippen LogP contribution in [0.5, 0.6) is 5.75 Å². The van der Waals surface area contributed by atoms with Crippen LogP contribution in [0.4, 0.5) is 0 Å². The molecule has 122 valence electrons. The minimum absolute atomic E-state index is 0.0450. The summed E-state index contributed by atoms with van der Waals surface area (Å²) in [5.41, 5.74) is 3.09. The summed E-state index contributed by atoms with van der Waals surface area (Å²) in [6.07, 6.45) is -0.906. The topological polar surface area (TPSA) is 55.8 Å². The normalized spacial score (nSPS) is 11.9. The summed E-state index contributed by atoms with van der Waals surface area (Å²) < 4.78 is 10.8. The van der Waals surface area contributed by atoms with Crippen molar-refractivity contribution < 1.29 is 19.4 Å². The predicted molar refractivity (Wildman–Crippen MR) is 88.7 cm³/mol. The van der Waals surface area contributed by atoms with Gasteiger partial charge in [-0.2, -0.15) is 0 Å². The van der Waals surface area contributed by atoms with Crippen LogP contribution in [0.1, 0.15) is 28.4 Å². The minimum Gasteiger partial charge on any atom is -0.473 e. The number of hydrogen-bond acceptors (Lipinski definition) is 4. The maximum atomic E-state index is 12.1. The molecule has 0 aromatic heterocycles. The summed E-state index contributed by atoms with van der Waals surface area (Å²) in [7, 11) is 1.32. The molecule has 0 aliphatic heterocycles. The van der Waals surface area contributed by atoms with Crippen molar-refractivity contribution in [2.75, 3.05) is 7.11 Å². The van der Waals surface area contributed by atoms with E-state index in [1.165, 1.54) is 7.11 Å². The van der Waals surface area contributed by atoms with Gasteiger partial charge in [0.1, 0.15) is 5.75 Å². The molecule has 1 atom stereocenters. The molecule has 0 fully saturated rings. The van der Waals surface area contributed by atoms with Gasteiger partial charge in [-0.25, -0.2) is 4.79 Å². The molecule has 1 unspecified atom stereocenters. The van der Waals surface area contributed by atoms with Crippen LogP contribution in [0.3, 0.4) is 0 Å². The van der Waals surface area contributed by atoms with Crippen LogP contribution in [0.25, 0.3) is 0 Å². The third-order valence-corrected chi connectivity index (χ3v) is 3.74. The molecular weight excluding hydrogens is 316 g/mol. The van der Waals surface area contributed by atoms with E-state index in [4.69, 9.17) is 21.1 Å². The average Bonchev–Trinajstić information content (AvgIpc) is 2.53. The molecule has 2 rings (SSSR count). The maximum Gasteiger partial charge on any atom is 0.351 e. The highest BCUT2D eigenvalue weighted by molar-refractivity contribution is 6.30. The molecule has 5 heteroatoms. The number of aryl methyl sites for hydroxylation is 2. The number of rotatable bonds is 5. The number of halogens is 1. The first-order chi connectivity index (χ1) is 11.0. The first-order valence-electron chi connectivity index (χ1n) is 7.17. The number of aliphatic hydroxyl groups excluding tert-OH is 1. The Morgan fingerprint density at radius 2 is 1.87 bits per heavy atom. The van der Waals surface area contributed by atoms with Gasteiger partial charge in [-0.3, -0.25) is 0 Å². The van der Waals surface area contributed by atoms with E-state index in [2.05, 4.69) is 0 Å². The van der Waals surface area contributed by atoms with Gasteiger partial charge < -0.3 is 14.6 Å². The van der Waals surface area contributed by atoms with Crippen molar-refractivity contribution in [2.45, 2.75) is 26.6 Å². The second-order valence-electron chi connectivity index (χ2n) is 5.29. The van der Waals surface area contributed by atoms with Crippen LogP contribution in [0.15, 0.2) is 36.4 Å². The largest absolute Gasteiger partial charge is 0.473 e. The van der Waals surface area contributed by atoms with E-state index in [1.807, 2.05) is 26.0 Å². The van der Waals surface area contributed by atoms with Crippen molar-refractivity contribution in [1.82, 2.24) is 0 Å². The number of aliphatic hydroxyl groups is 1. The fraction of sp³-hybridized carbons (Fsp3) is 0.278. The molecule has 0 saturated carbocycles. The summed E-state index contributed by atoms with van der Waals surface area (Å²) >= 11 is 6.01. The van der Waals surface area contributed by atoms with Gasteiger partial charge in [0, 0.05) is 10.6 Å². The maximum absolute atomic E-state index is 12.1. The van der Waals surface area contributed by atoms with Crippen molar-refractivity contribution in [1.29, 1.82) is 0 Å². The number of hydrogen-bond donors (Lipinski definition) is 1. The lowest BCUT2D eigenvalue weighted by atomic mass is 10.0. The first kappa shape index (κ1) is 17.3. The zero-order valence-corrected chi connectivity index (χ0v) is 14.1. The van der Waals surface area contributed by atoms with E-state index in [0.717, 1.165) is 16.7 Å². The Labute approximate surface area is 140 Å². The van der Waals surface area contributed by atoms with Gasteiger partial charge in [-0.05, 0) is 42.7 Å². The molecule has 4 nitrogen and oxygen atoms in total. The summed E-state index contributed by atoms with van der Waals surface area (Å²) in [5, 5.41) is 9.78. The van der Waals surface area contributed by atoms with Crippen molar-refractivity contribution >= 4 is 17.6 Å². The second kappa shape index (κ2) is 7.49. The Hall–Kier alpha value is -2.04. The van der Waals surface area contributed by atoms with Gasteiger partial charge >= 0.3 is 5.97 Å². The van der Waals surface area contributed by atoms with Crippen LogP contribution >= 0.6 is 11.6 Å². The monoisotopic (exact) mass is 334 g/mol. The van der Waals surface area contributed by atoms with Crippen molar-refractivity contribution in [3.05, 3.63) is 63.7 Å². The summed E-state index contributed by atoms with van der Waals surface area (Å²) in [5.74, 6) is 0.0925. The Morgan fingerprint density at radius 1 is 1.22 bits per heavy atom. The van der Waals surface area contributed by atoms with E-state index in [9.17, 15) is 9.90 Å². The Balaban J connectivity index is 2.41. The number of carbonyl (C=O) groups is 1. The number of carbonyl (C=O) groups excluding carboxylic acids is 1. The van der Waals surface area contributed by atoms with Crippen LogP contribution in [0.2, 0.25) is 5.02 Å². The van der Waals surface area contributed by atoms with Gasteiger partial charge in [0.25, 0.3) is 0 Å². The molecule has 0 saturated heterocycles. The molecule has 1 N–H and O–H groups in total. The smallest absolute Gasteiger partial charge is 0.351 e. The summed E-state index contributed by atoms with van der Waals surface area (Å²) in [6, 6.07) is 10.6. The molecule has 0 aliphatic rings. The summed E-state index contributed by atoms with van der Waals surface area (Å²) in [6.45, 7) is 3.69. The Morgan fingerprint density at radius 3 is 2.39 bits per heavy atom. The molecule has 23 heavy (non-hydrogen) atoms. The third-order valence-electron chi connectivity index (χ3n) is 3.51. The lowest BCUT2D eigenvalue weighted by Crippen LogP contribution is -2.21. The Bertz CT molecular complexity index is 689. The zero-order valence-electron chi connectivity index (χ0n) is 13.3. The highest BCUT2D eigenvalue weighted by Crippen LogP contribution is 2.31. The van der Waals surface area contributed by atoms with E-state index in [1.54, 1.807) is 24.3 Å². The van der Waals surface area contributed by atoms with Gasteiger partial charge in [-0.1, -0.05) is 35.9 Å². The van der Waals surface area contributed by atoms with E-state index in [0.29, 0.717) is 16.3 Å². The highest BCUT2D eigenvalue weighted by atomic mass is 35.5. The van der Waals surface area contributed by atoms with Gasteiger partial charge in [-0.15, -0.1) is 0 Å². The quantitative estimate of drug-likeness (QED) is 0.846. The van der Waals surface area contributed by atoms with E-state index < -0.39 is 12.1 Å². The molecule has 0 spiro atoms. The lowest BCUT2D eigenvalue weighted by molar-refractivity contribution is -0.149. The average molecular weight is 335 g/mol. The molecule has 0 radical (unpaired) electrons. The second-order valence-corrected chi connectivity index (χ2v) is 5.73. The van der Waals surface area contributed by atoms with Crippen molar-refractivity contribution in [3.63, 3.8) is 0 Å². The predicted octanol–water partition coefficient (Wildman–Crippen LogP) is 3.74. The first-order valence-corrected chi connectivity index (χ1v) is 7.55. The molecule has 0 heterocycles. The van der Waals surface area contributed by atoms with E-state index >= 15 is 0 Å². The Kier molecular flexibility index (Phi) is 5.64. The zero-order chi connectivity index (χ0) is 17.0. The molecule has 0 aliphatic carbocycles. The van der Waals surface area contributed by atoms with Crippen LogP contribution < -0.4 is 4.74 Å². The van der Waals surface area contributed by atoms with Gasteiger partial charge in [0.15, 0.2) is 0 Å². The van der Waals surface area contributed by atoms with E-state index in [-0.39, 0.29) is 6.61 Å². The van der Waals surface area contributed by atoms with Crippen LogP contribution in [-0.2, 0) is 16.1 Å². The number of methoxy groups -OCH3 is 1. The standard InChI is InChI=1S/C18H19ClO4/c1-11-7-13(10-20)8-12(2)16(11)23-17(18(21)22-3)14-5-4-6-15(19)9-14/h4-9,17,20H,10H2,1-3H3. The third kappa shape index (κ3) is 4.03. The lowest BCUT2D eigenvalue weighted by Gasteiger charge is -2.21. The highest BCUT2D eigenvalue weighted by Gasteiger charge is 2.25. The van der Waals surface area contributed by atoms with Crippen LogP contribution in [-0.4, -0.2) is 18.2 Å². The molecule has 2 aromatic rings. The molecular formula is C18H19ClO4. The fourth-order valence-electron chi connectivity index (χ4n) is 2.46. The molecule has 0 bridgehead atoms. The SMILES string of the molecule is COC(=O)C(Oc1c(C)cc(CO)cc1C)c1cccc(Cl)c1. The molecule has 0 amide bonds. The number of ether oxygens (including phenoxy) is 2. The minimum atomic E-state index is -0.906.